The van der Waals surface area contributed by atoms with E-state index in [1.54, 1.807) is 0 Å². The number of halogens is 1. The first-order valence-corrected chi connectivity index (χ1v) is 4.47. The summed E-state index contributed by atoms with van der Waals surface area (Å²) in [5, 5.41) is 0.772. The minimum Gasteiger partial charge on any atom is -0.355 e. The lowest BCUT2D eigenvalue weighted by Gasteiger charge is -1.91. The Morgan fingerprint density at radius 2 is 2.00 bits per heavy atom. The van der Waals surface area contributed by atoms with Gasteiger partial charge in [-0.2, -0.15) is 0 Å². The molecule has 0 fully saturated rings. The van der Waals surface area contributed by atoms with E-state index in [4.69, 9.17) is 18.5 Å². The maximum Gasteiger partial charge on any atom is 0.0646 e. The van der Waals surface area contributed by atoms with Gasteiger partial charge < -0.3 is 4.98 Å². The maximum atomic E-state index is 7.98. The summed E-state index contributed by atoms with van der Waals surface area (Å²) in [5.74, 6) is 0. The van der Waals surface area contributed by atoms with Gasteiger partial charge in [0.25, 0.3) is 0 Å². The smallest absolute Gasteiger partial charge is 0.0646 e. The van der Waals surface area contributed by atoms with E-state index in [1.807, 2.05) is 0 Å². The number of nitrogens with one attached hydrogen (secondary N) is 1. The molecule has 68 valence electrons. The zero-order valence-electron chi connectivity index (χ0n) is 12.0. The highest BCUT2D eigenvalue weighted by Crippen LogP contribution is 2.27. The third kappa shape index (κ3) is 1.03. The second-order valence-corrected chi connectivity index (χ2v) is 3.35. The first-order chi connectivity index (χ1) is 8.91. The Morgan fingerprint density at radius 1 is 1.14 bits per heavy atom. The van der Waals surface area contributed by atoms with Gasteiger partial charge in [-0.15, -0.1) is 0 Å². The van der Waals surface area contributed by atoms with Crippen molar-refractivity contribution in [2.45, 2.75) is 0 Å². The summed E-state index contributed by atoms with van der Waals surface area (Å²) in [6.45, 7) is 0. The van der Waals surface area contributed by atoms with E-state index in [0.29, 0.717) is 21.8 Å². The highest BCUT2D eigenvalue weighted by molar-refractivity contribution is 6.31. The van der Waals surface area contributed by atoms with E-state index < -0.39 is 0 Å². The van der Waals surface area contributed by atoms with Crippen LogP contribution in [0.3, 0.4) is 0 Å². The molecule has 1 heterocycles. The summed E-state index contributed by atoms with van der Waals surface area (Å²) in [4.78, 5) is 2.89. The van der Waals surface area contributed by atoms with E-state index in [0.717, 1.165) is 0 Å². The summed E-state index contributed by atoms with van der Waals surface area (Å²) in [6, 6.07) is 2.68. The zero-order valence-corrected chi connectivity index (χ0v) is 7.79. The Labute approximate surface area is 93.3 Å². The number of fused-ring (bicyclic) bond motifs is 3. The number of para-hydroxylation sites is 1. The van der Waals surface area contributed by atoms with Gasteiger partial charge in [0.1, 0.15) is 0 Å². The first kappa shape index (κ1) is 4.37. The fraction of sp³-hybridized carbons (Fsp3) is 0. The largest absolute Gasteiger partial charge is 0.355 e. The van der Waals surface area contributed by atoms with Crippen molar-refractivity contribution >= 4 is 33.4 Å². The van der Waals surface area contributed by atoms with Crippen LogP contribution < -0.4 is 0 Å². The van der Waals surface area contributed by atoms with Crippen LogP contribution >= 0.6 is 11.6 Å². The van der Waals surface area contributed by atoms with E-state index in [-0.39, 0.29) is 35.2 Å². The molecule has 0 amide bonds. The van der Waals surface area contributed by atoms with Gasteiger partial charge >= 0.3 is 0 Å². The van der Waals surface area contributed by atoms with Gasteiger partial charge in [0.2, 0.25) is 0 Å². The zero-order chi connectivity index (χ0) is 13.9. The molecule has 3 aromatic rings. The molecule has 0 unspecified atom stereocenters. The van der Waals surface area contributed by atoms with Gasteiger partial charge in [0.05, 0.1) is 6.85 Å². The van der Waals surface area contributed by atoms with Crippen molar-refractivity contribution in [3.8, 4) is 0 Å². The number of benzene rings is 2. The molecule has 1 N–H and O–H groups in total. The van der Waals surface area contributed by atoms with Crippen LogP contribution in [0.1, 0.15) is 6.85 Å². The van der Waals surface area contributed by atoms with Gasteiger partial charge in [-0.05, 0) is 24.2 Å². The molecule has 0 aliphatic carbocycles. The summed E-state index contributed by atoms with van der Waals surface area (Å²) < 4.78 is 39.3. The average molecular weight is 207 g/mol. The quantitative estimate of drug-likeness (QED) is 0.573. The second-order valence-electron chi connectivity index (χ2n) is 2.94. The lowest BCUT2D eigenvalue weighted by Crippen LogP contribution is -1.66. The van der Waals surface area contributed by atoms with Crippen LogP contribution in [-0.4, -0.2) is 4.98 Å². The normalized spacial score (nSPS) is 16.2. The molecule has 2 aromatic carbocycles. The summed E-state index contributed by atoms with van der Waals surface area (Å²) in [5.41, 5.74) is 0.734. The molecule has 0 saturated heterocycles. The van der Waals surface area contributed by atoms with Crippen molar-refractivity contribution in [1.29, 1.82) is 0 Å². The summed E-state index contributed by atoms with van der Waals surface area (Å²) >= 11 is 5.91. The van der Waals surface area contributed by atoms with Gasteiger partial charge in [0.15, 0.2) is 0 Å². The minimum absolute atomic E-state index is 0.0115. The number of H-pyrrole nitrogens is 1. The van der Waals surface area contributed by atoms with Crippen LogP contribution in [0.4, 0.5) is 0 Å². The number of aromatic amines is 1. The Bertz CT molecular complexity index is 771. The topological polar surface area (TPSA) is 15.8 Å². The van der Waals surface area contributed by atoms with Gasteiger partial charge in [0, 0.05) is 26.8 Å². The number of rotatable bonds is 0. The molecule has 1 aromatic heterocycles. The summed E-state index contributed by atoms with van der Waals surface area (Å²) in [7, 11) is 0. The molecule has 0 saturated carbocycles. The van der Waals surface area contributed by atoms with Crippen molar-refractivity contribution in [2.24, 2.45) is 0 Å². The van der Waals surface area contributed by atoms with Crippen molar-refractivity contribution in [1.82, 2.24) is 4.98 Å². The first-order valence-electron chi connectivity index (χ1n) is 6.59. The molecule has 14 heavy (non-hydrogen) atoms. The molecule has 0 atom stereocenters. The summed E-state index contributed by atoms with van der Waals surface area (Å²) in [6.07, 6.45) is 0. The lowest BCUT2D eigenvalue weighted by atomic mass is 10.2. The average Bonchev–Trinajstić information content (AvgIpc) is 2.75. The van der Waals surface area contributed by atoms with Crippen LogP contribution in [0.25, 0.3) is 21.8 Å². The molecule has 0 bridgehead atoms. The highest BCUT2D eigenvalue weighted by Gasteiger charge is 2.02. The van der Waals surface area contributed by atoms with Crippen molar-refractivity contribution in [3.05, 3.63) is 47.4 Å². The fourth-order valence-corrected chi connectivity index (χ4v) is 1.62. The molecular weight excluding hydrogens is 194 g/mol. The van der Waals surface area contributed by atoms with E-state index in [1.165, 1.54) is 12.1 Å². The molecule has 3 rings (SSSR count). The standard InChI is InChI=1S/C12H8ClN/c13-8-5-6-12-10(7-8)9-3-1-2-4-11(9)14-12/h1-7,14H/i1D,3D,4D,6D,7D. The van der Waals surface area contributed by atoms with E-state index >= 15 is 0 Å². The van der Waals surface area contributed by atoms with Crippen molar-refractivity contribution in [3.63, 3.8) is 0 Å². The van der Waals surface area contributed by atoms with Gasteiger partial charge in [-0.25, -0.2) is 0 Å². The molecule has 0 aliphatic heterocycles. The van der Waals surface area contributed by atoms with Crippen LogP contribution in [-0.2, 0) is 0 Å². The van der Waals surface area contributed by atoms with Crippen LogP contribution in [0.2, 0.25) is 5.02 Å². The Kier molecular flexibility index (Phi) is 0.860. The third-order valence-corrected chi connectivity index (χ3v) is 2.28. The second kappa shape index (κ2) is 2.76. The minimum atomic E-state index is -0.0793. The van der Waals surface area contributed by atoms with E-state index in [2.05, 4.69) is 4.98 Å². The van der Waals surface area contributed by atoms with Crippen LogP contribution in [0.15, 0.2) is 42.3 Å². The van der Waals surface area contributed by atoms with Crippen molar-refractivity contribution < 1.29 is 6.85 Å². The SMILES string of the molecule is [2H]c1cc([2H])c2[nH]c3c([2H])cc(Cl)c([2H])c3c2c1[2H]. The third-order valence-electron chi connectivity index (χ3n) is 2.07. The van der Waals surface area contributed by atoms with Gasteiger partial charge in [-0.3, -0.25) is 0 Å². The predicted octanol–water partition coefficient (Wildman–Crippen LogP) is 3.97. The lowest BCUT2D eigenvalue weighted by molar-refractivity contribution is 1.55. The molecular formula is C12H8ClN. The van der Waals surface area contributed by atoms with Crippen LogP contribution in [0.5, 0.6) is 0 Å². The van der Waals surface area contributed by atoms with Gasteiger partial charge in [-0.1, -0.05) is 29.8 Å². The molecule has 2 heteroatoms. The Morgan fingerprint density at radius 3 is 2.93 bits per heavy atom. The monoisotopic (exact) mass is 206 g/mol. The van der Waals surface area contributed by atoms with Crippen LogP contribution in [0, 0.1) is 0 Å². The number of hydrogen-bond acceptors (Lipinski definition) is 0. The predicted molar refractivity (Wildman–Crippen MR) is 60.8 cm³/mol. The number of aromatic nitrogens is 1. The molecule has 0 aliphatic rings. The highest BCUT2D eigenvalue weighted by atomic mass is 35.5. The Hall–Kier alpha value is -1.47. The molecule has 1 nitrogen and oxygen atoms in total. The molecule has 0 radical (unpaired) electrons. The van der Waals surface area contributed by atoms with E-state index in [9.17, 15) is 0 Å². The Balaban J connectivity index is 2.71. The number of hydrogen-bond donors (Lipinski definition) is 1. The van der Waals surface area contributed by atoms with Crippen molar-refractivity contribution in [2.75, 3.05) is 0 Å². The fourth-order valence-electron chi connectivity index (χ4n) is 1.47. The maximum absolute atomic E-state index is 7.98. The molecule has 0 spiro atoms.